The first-order valence-corrected chi connectivity index (χ1v) is 8.45. The fraction of sp³-hybridized carbons (Fsp3) is 0.471. The van der Waals surface area contributed by atoms with Crippen molar-refractivity contribution in [3.63, 3.8) is 0 Å². The predicted molar refractivity (Wildman–Crippen MR) is 92.5 cm³/mol. The van der Waals surface area contributed by atoms with Gasteiger partial charge in [-0.1, -0.05) is 44.5 Å². The van der Waals surface area contributed by atoms with Crippen LogP contribution in [0.1, 0.15) is 48.6 Å². The van der Waals surface area contributed by atoms with Crippen LogP contribution in [-0.2, 0) is 11.8 Å². The Labute approximate surface area is 136 Å². The van der Waals surface area contributed by atoms with E-state index in [0.717, 1.165) is 17.0 Å². The van der Waals surface area contributed by atoms with Crippen LogP contribution in [0, 0.1) is 6.92 Å². The summed E-state index contributed by atoms with van der Waals surface area (Å²) in [7, 11) is 1.99. The number of hydrogen-bond acceptors (Lipinski definition) is 3. The molecule has 4 heteroatoms. The Morgan fingerprint density at radius 2 is 2.05 bits per heavy atom. The van der Waals surface area contributed by atoms with Gasteiger partial charge < -0.3 is 5.32 Å². The van der Waals surface area contributed by atoms with Gasteiger partial charge in [0.2, 0.25) is 0 Å². The summed E-state index contributed by atoms with van der Waals surface area (Å²) in [6.45, 7) is 8.64. The Balaban J connectivity index is 2.19. The molecule has 0 saturated carbocycles. The van der Waals surface area contributed by atoms with Gasteiger partial charge in [-0.2, -0.15) is 0 Å². The van der Waals surface area contributed by atoms with Gasteiger partial charge in [0.15, 0.2) is 0 Å². The molecule has 2 rings (SSSR count). The average molecular weight is 323 g/mol. The van der Waals surface area contributed by atoms with Gasteiger partial charge in [0.25, 0.3) is 0 Å². The number of nitrogens with zero attached hydrogens (tertiary/aromatic N) is 1. The molecule has 1 heterocycles. The summed E-state index contributed by atoms with van der Waals surface area (Å²) in [5.41, 5.74) is 3.65. The van der Waals surface area contributed by atoms with Crippen LogP contribution in [0.2, 0.25) is 5.02 Å². The van der Waals surface area contributed by atoms with Gasteiger partial charge in [-0.25, -0.2) is 4.98 Å². The highest BCUT2D eigenvalue weighted by molar-refractivity contribution is 7.09. The molecule has 0 radical (unpaired) electrons. The molecule has 0 aliphatic rings. The largest absolute Gasteiger partial charge is 0.313 e. The van der Waals surface area contributed by atoms with Crippen LogP contribution in [-0.4, -0.2) is 12.0 Å². The van der Waals surface area contributed by atoms with Crippen molar-refractivity contribution in [1.29, 1.82) is 0 Å². The smallest absolute Gasteiger partial charge is 0.0947 e. The summed E-state index contributed by atoms with van der Waals surface area (Å²) in [6, 6.07) is 6.48. The van der Waals surface area contributed by atoms with Gasteiger partial charge in [-0.05, 0) is 31.2 Å². The van der Waals surface area contributed by atoms with Crippen molar-refractivity contribution in [2.24, 2.45) is 0 Å². The average Bonchev–Trinajstić information content (AvgIpc) is 2.88. The van der Waals surface area contributed by atoms with Crippen molar-refractivity contribution in [1.82, 2.24) is 10.3 Å². The lowest BCUT2D eigenvalue weighted by Crippen LogP contribution is -2.19. The maximum Gasteiger partial charge on any atom is 0.0947 e. The number of aryl methyl sites for hydroxylation is 1. The van der Waals surface area contributed by atoms with Gasteiger partial charge in [0, 0.05) is 28.3 Å². The van der Waals surface area contributed by atoms with E-state index in [9.17, 15) is 0 Å². The second-order valence-electron chi connectivity index (χ2n) is 6.43. The van der Waals surface area contributed by atoms with Gasteiger partial charge in [-0.15, -0.1) is 11.3 Å². The van der Waals surface area contributed by atoms with E-state index >= 15 is 0 Å². The SMILES string of the molecule is CNC(Cc1nc(C(C)(C)C)cs1)c1ccc(Cl)c(C)c1. The Morgan fingerprint density at radius 1 is 1.33 bits per heavy atom. The van der Waals surface area contributed by atoms with Crippen molar-refractivity contribution < 1.29 is 0 Å². The fourth-order valence-electron chi connectivity index (χ4n) is 2.19. The zero-order valence-corrected chi connectivity index (χ0v) is 14.9. The van der Waals surface area contributed by atoms with E-state index in [1.165, 1.54) is 16.3 Å². The second-order valence-corrected chi connectivity index (χ2v) is 7.78. The van der Waals surface area contributed by atoms with E-state index in [-0.39, 0.29) is 11.5 Å². The van der Waals surface area contributed by atoms with Crippen molar-refractivity contribution in [3.8, 4) is 0 Å². The minimum atomic E-state index is 0.112. The number of thiazole rings is 1. The maximum absolute atomic E-state index is 6.11. The van der Waals surface area contributed by atoms with Crippen LogP contribution in [0.3, 0.4) is 0 Å². The van der Waals surface area contributed by atoms with E-state index in [2.05, 4.69) is 43.6 Å². The van der Waals surface area contributed by atoms with Gasteiger partial charge in [-0.3, -0.25) is 0 Å². The number of rotatable bonds is 4. The van der Waals surface area contributed by atoms with Crippen molar-refractivity contribution >= 4 is 22.9 Å². The van der Waals surface area contributed by atoms with E-state index in [1.54, 1.807) is 11.3 Å². The molecule has 2 nitrogen and oxygen atoms in total. The summed E-state index contributed by atoms with van der Waals surface area (Å²) >= 11 is 7.86. The van der Waals surface area contributed by atoms with E-state index in [4.69, 9.17) is 16.6 Å². The molecular weight excluding hydrogens is 300 g/mol. The summed E-state index contributed by atoms with van der Waals surface area (Å²) < 4.78 is 0. The van der Waals surface area contributed by atoms with Crippen LogP contribution in [0.4, 0.5) is 0 Å². The molecule has 21 heavy (non-hydrogen) atoms. The van der Waals surface area contributed by atoms with Crippen LogP contribution >= 0.6 is 22.9 Å². The van der Waals surface area contributed by atoms with Gasteiger partial charge in [0.05, 0.1) is 10.7 Å². The highest BCUT2D eigenvalue weighted by Crippen LogP contribution is 2.28. The second kappa shape index (κ2) is 6.47. The molecule has 1 unspecified atom stereocenters. The van der Waals surface area contributed by atoms with Crippen molar-refractivity contribution in [2.45, 2.75) is 45.6 Å². The minimum Gasteiger partial charge on any atom is -0.313 e. The normalized spacial score (nSPS) is 13.4. The summed E-state index contributed by atoms with van der Waals surface area (Å²) in [5, 5.41) is 7.55. The first kappa shape index (κ1) is 16.5. The van der Waals surface area contributed by atoms with Crippen LogP contribution in [0.25, 0.3) is 0 Å². The monoisotopic (exact) mass is 322 g/mol. The van der Waals surface area contributed by atoms with Gasteiger partial charge in [0.1, 0.15) is 0 Å². The quantitative estimate of drug-likeness (QED) is 0.865. The predicted octanol–water partition coefficient (Wildman–Crippen LogP) is 4.91. The third-order valence-corrected chi connectivity index (χ3v) is 4.93. The Kier molecular flexibility index (Phi) is 5.07. The molecular formula is C17H23ClN2S. The molecule has 0 fully saturated rings. The topological polar surface area (TPSA) is 24.9 Å². The van der Waals surface area contributed by atoms with Crippen molar-refractivity contribution in [3.05, 3.63) is 50.4 Å². The third kappa shape index (κ3) is 4.06. The molecule has 1 atom stereocenters. The van der Waals surface area contributed by atoms with E-state index < -0.39 is 0 Å². The maximum atomic E-state index is 6.11. The summed E-state index contributed by atoms with van der Waals surface area (Å²) in [6.07, 6.45) is 0.901. The number of nitrogens with one attached hydrogen (secondary N) is 1. The fourth-order valence-corrected chi connectivity index (χ4v) is 3.38. The number of likely N-dealkylation sites (N-methyl/N-ethyl adjacent to an activating group) is 1. The lowest BCUT2D eigenvalue weighted by molar-refractivity contribution is 0.560. The minimum absolute atomic E-state index is 0.112. The number of hydrogen-bond donors (Lipinski definition) is 1. The van der Waals surface area contributed by atoms with E-state index in [0.29, 0.717) is 0 Å². The number of aromatic nitrogens is 1. The zero-order chi connectivity index (χ0) is 15.6. The number of halogens is 1. The molecule has 2 aromatic rings. The van der Waals surface area contributed by atoms with Crippen LogP contribution in [0.5, 0.6) is 0 Å². The first-order chi connectivity index (χ1) is 9.81. The Morgan fingerprint density at radius 3 is 2.57 bits per heavy atom. The highest BCUT2D eigenvalue weighted by atomic mass is 35.5. The lowest BCUT2D eigenvalue weighted by Gasteiger charge is -2.17. The Hall–Kier alpha value is -0.900. The molecule has 0 spiro atoms. The summed E-state index contributed by atoms with van der Waals surface area (Å²) in [4.78, 5) is 4.79. The van der Waals surface area contributed by atoms with Crippen molar-refractivity contribution in [2.75, 3.05) is 7.05 Å². The first-order valence-electron chi connectivity index (χ1n) is 7.19. The molecule has 1 aromatic heterocycles. The van der Waals surface area contributed by atoms with Crippen LogP contribution < -0.4 is 5.32 Å². The molecule has 0 bridgehead atoms. The summed E-state index contributed by atoms with van der Waals surface area (Å²) in [5.74, 6) is 0. The number of benzene rings is 1. The Bertz CT molecular complexity index is 613. The molecule has 114 valence electrons. The molecule has 0 amide bonds. The molecule has 0 aliphatic heterocycles. The van der Waals surface area contributed by atoms with Gasteiger partial charge >= 0.3 is 0 Å². The third-order valence-electron chi connectivity index (χ3n) is 3.63. The standard InChI is InChI=1S/C17H23ClN2S/c1-11-8-12(6-7-13(11)18)14(19-5)9-16-20-15(10-21-16)17(2,3)4/h6-8,10,14,19H,9H2,1-5H3. The van der Waals surface area contributed by atoms with Crippen LogP contribution in [0.15, 0.2) is 23.6 Å². The molecule has 1 aromatic carbocycles. The lowest BCUT2D eigenvalue weighted by atomic mass is 9.93. The molecule has 0 aliphatic carbocycles. The molecule has 1 N–H and O–H groups in total. The van der Waals surface area contributed by atoms with E-state index in [1.807, 2.05) is 20.0 Å². The highest BCUT2D eigenvalue weighted by Gasteiger charge is 2.19. The molecule has 0 saturated heterocycles. The zero-order valence-electron chi connectivity index (χ0n) is 13.3.